The molecule has 1 spiro atoms. The van der Waals surface area contributed by atoms with Gasteiger partial charge in [-0.25, -0.2) is 0 Å². The number of carbonyl (C=O) groups is 1. The third-order valence-corrected chi connectivity index (χ3v) is 3.61. The first-order chi connectivity index (χ1) is 7.24. The second-order valence-corrected chi connectivity index (χ2v) is 4.69. The van der Waals surface area contributed by atoms with Crippen LogP contribution < -0.4 is 5.32 Å². The molecule has 1 aliphatic carbocycles. The molecule has 2 rings (SSSR count). The standard InChI is InChI=1S/C12H19NO2/c1-2-11(14)13-9-10-4-7-15-12(8-10)5-3-6-12/h2,10H,1,3-9H2,(H,13,14)/t10-/m0/s1. The normalized spacial score (nSPS) is 28.1. The first-order valence-electron chi connectivity index (χ1n) is 5.78. The van der Waals surface area contributed by atoms with Crippen LogP contribution in [-0.2, 0) is 9.53 Å². The van der Waals surface area contributed by atoms with Crippen molar-refractivity contribution in [2.45, 2.75) is 37.7 Å². The van der Waals surface area contributed by atoms with Crippen molar-refractivity contribution in [3.05, 3.63) is 12.7 Å². The Morgan fingerprint density at radius 2 is 2.40 bits per heavy atom. The summed E-state index contributed by atoms with van der Waals surface area (Å²) >= 11 is 0. The van der Waals surface area contributed by atoms with Gasteiger partial charge < -0.3 is 10.1 Å². The van der Waals surface area contributed by atoms with E-state index >= 15 is 0 Å². The molecule has 3 nitrogen and oxygen atoms in total. The lowest BCUT2D eigenvalue weighted by Gasteiger charge is -2.47. The zero-order chi connectivity index (χ0) is 10.7. The van der Waals surface area contributed by atoms with E-state index in [1.807, 2.05) is 0 Å². The fourth-order valence-corrected chi connectivity index (χ4v) is 2.54. The number of hydrogen-bond acceptors (Lipinski definition) is 2. The first-order valence-corrected chi connectivity index (χ1v) is 5.78. The van der Waals surface area contributed by atoms with Gasteiger partial charge in [-0.1, -0.05) is 6.58 Å². The summed E-state index contributed by atoms with van der Waals surface area (Å²) in [5.74, 6) is 0.520. The van der Waals surface area contributed by atoms with E-state index in [0.717, 1.165) is 26.0 Å². The molecule has 1 aliphatic heterocycles. The van der Waals surface area contributed by atoms with Crippen molar-refractivity contribution in [1.29, 1.82) is 0 Å². The highest BCUT2D eigenvalue weighted by atomic mass is 16.5. The van der Waals surface area contributed by atoms with E-state index in [1.165, 1.54) is 25.3 Å². The molecule has 0 aromatic rings. The summed E-state index contributed by atoms with van der Waals surface area (Å²) < 4.78 is 5.83. The van der Waals surface area contributed by atoms with Gasteiger partial charge in [0.1, 0.15) is 0 Å². The summed E-state index contributed by atoms with van der Waals surface area (Å²) in [6.45, 7) is 5.07. The van der Waals surface area contributed by atoms with Gasteiger partial charge in [0.2, 0.25) is 5.91 Å². The van der Waals surface area contributed by atoms with Crippen LogP contribution in [-0.4, -0.2) is 24.7 Å². The zero-order valence-electron chi connectivity index (χ0n) is 9.13. The lowest BCUT2D eigenvalue weighted by atomic mass is 9.72. The van der Waals surface area contributed by atoms with Gasteiger partial charge in [0.15, 0.2) is 0 Å². The van der Waals surface area contributed by atoms with Gasteiger partial charge >= 0.3 is 0 Å². The van der Waals surface area contributed by atoms with E-state index in [-0.39, 0.29) is 11.5 Å². The summed E-state index contributed by atoms with van der Waals surface area (Å²) in [5, 5.41) is 2.88. The fraction of sp³-hybridized carbons (Fsp3) is 0.750. The van der Waals surface area contributed by atoms with Crippen LogP contribution in [0.15, 0.2) is 12.7 Å². The molecule has 1 saturated carbocycles. The van der Waals surface area contributed by atoms with Gasteiger partial charge in [-0.3, -0.25) is 4.79 Å². The van der Waals surface area contributed by atoms with Gasteiger partial charge in [0, 0.05) is 13.2 Å². The highest BCUT2D eigenvalue weighted by molar-refractivity contribution is 5.86. The minimum atomic E-state index is -0.0656. The van der Waals surface area contributed by atoms with Crippen LogP contribution in [0.2, 0.25) is 0 Å². The highest BCUT2D eigenvalue weighted by Crippen LogP contribution is 2.43. The lowest BCUT2D eigenvalue weighted by Crippen LogP contribution is -2.47. The molecule has 0 radical (unpaired) electrons. The molecule has 2 aliphatic rings. The van der Waals surface area contributed by atoms with E-state index in [4.69, 9.17) is 4.74 Å². The molecular weight excluding hydrogens is 190 g/mol. The number of ether oxygens (including phenoxy) is 1. The van der Waals surface area contributed by atoms with Gasteiger partial charge in [0.05, 0.1) is 5.60 Å². The van der Waals surface area contributed by atoms with Crippen LogP contribution in [0.4, 0.5) is 0 Å². The quantitative estimate of drug-likeness (QED) is 0.718. The van der Waals surface area contributed by atoms with Crippen molar-refractivity contribution < 1.29 is 9.53 Å². The Morgan fingerprint density at radius 1 is 1.60 bits per heavy atom. The third kappa shape index (κ3) is 2.40. The Hall–Kier alpha value is -0.830. The summed E-state index contributed by atoms with van der Waals surface area (Å²) in [7, 11) is 0. The first kappa shape index (κ1) is 10.7. The summed E-state index contributed by atoms with van der Waals surface area (Å²) in [6, 6.07) is 0. The maximum absolute atomic E-state index is 11.0. The molecule has 84 valence electrons. The van der Waals surface area contributed by atoms with E-state index in [9.17, 15) is 4.79 Å². The predicted molar refractivity (Wildman–Crippen MR) is 58.5 cm³/mol. The molecule has 0 aromatic carbocycles. The molecule has 3 heteroatoms. The molecule has 1 N–H and O–H groups in total. The van der Waals surface area contributed by atoms with Crippen molar-refractivity contribution in [2.75, 3.05) is 13.2 Å². The van der Waals surface area contributed by atoms with Gasteiger partial charge in [-0.2, -0.15) is 0 Å². The number of hydrogen-bond donors (Lipinski definition) is 1. The van der Waals surface area contributed by atoms with Crippen molar-refractivity contribution in [3.8, 4) is 0 Å². The summed E-state index contributed by atoms with van der Waals surface area (Å²) in [4.78, 5) is 11.0. The molecule has 1 amide bonds. The highest BCUT2D eigenvalue weighted by Gasteiger charge is 2.42. The number of amides is 1. The summed E-state index contributed by atoms with van der Waals surface area (Å²) in [5.41, 5.74) is 0.182. The second kappa shape index (κ2) is 4.35. The van der Waals surface area contributed by atoms with Crippen molar-refractivity contribution in [2.24, 2.45) is 5.92 Å². The van der Waals surface area contributed by atoms with E-state index in [0.29, 0.717) is 5.92 Å². The molecule has 1 heterocycles. The predicted octanol–water partition coefficient (Wildman–Crippen LogP) is 1.64. The molecule has 1 atom stereocenters. The van der Waals surface area contributed by atoms with Gasteiger partial charge in [0.25, 0.3) is 0 Å². The zero-order valence-corrected chi connectivity index (χ0v) is 9.13. The molecule has 15 heavy (non-hydrogen) atoms. The number of rotatable bonds is 3. The van der Waals surface area contributed by atoms with E-state index < -0.39 is 0 Å². The SMILES string of the molecule is C=CC(=O)NC[C@H]1CCOC2(CCC2)C1. The molecule has 0 bridgehead atoms. The van der Waals surface area contributed by atoms with E-state index in [2.05, 4.69) is 11.9 Å². The molecule has 0 unspecified atom stereocenters. The lowest BCUT2D eigenvalue weighted by molar-refractivity contribution is -0.143. The maximum Gasteiger partial charge on any atom is 0.243 e. The molecular formula is C12H19NO2. The Labute approximate surface area is 90.9 Å². The maximum atomic E-state index is 11.0. The van der Waals surface area contributed by atoms with Crippen LogP contribution >= 0.6 is 0 Å². The van der Waals surface area contributed by atoms with Crippen LogP contribution in [0.25, 0.3) is 0 Å². The topological polar surface area (TPSA) is 38.3 Å². The van der Waals surface area contributed by atoms with Crippen molar-refractivity contribution in [3.63, 3.8) is 0 Å². The van der Waals surface area contributed by atoms with Gasteiger partial charge in [-0.05, 0) is 44.1 Å². The largest absolute Gasteiger partial charge is 0.375 e. The minimum absolute atomic E-state index is 0.0656. The number of carbonyl (C=O) groups excluding carboxylic acids is 1. The Kier molecular flexibility index (Phi) is 3.10. The van der Waals surface area contributed by atoms with Gasteiger partial charge in [-0.15, -0.1) is 0 Å². The molecule has 1 saturated heterocycles. The average molecular weight is 209 g/mol. The Balaban J connectivity index is 1.77. The number of nitrogens with one attached hydrogen (secondary N) is 1. The second-order valence-electron chi connectivity index (χ2n) is 4.69. The summed E-state index contributed by atoms with van der Waals surface area (Å²) in [6.07, 6.45) is 7.23. The van der Waals surface area contributed by atoms with Crippen LogP contribution in [0.5, 0.6) is 0 Å². The monoisotopic (exact) mass is 209 g/mol. The van der Waals surface area contributed by atoms with Crippen molar-refractivity contribution in [1.82, 2.24) is 5.32 Å². The van der Waals surface area contributed by atoms with Crippen LogP contribution in [0.3, 0.4) is 0 Å². The van der Waals surface area contributed by atoms with Crippen LogP contribution in [0, 0.1) is 5.92 Å². The molecule has 0 aromatic heterocycles. The van der Waals surface area contributed by atoms with Crippen molar-refractivity contribution >= 4 is 5.91 Å². The minimum Gasteiger partial charge on any atom is -0.375 e. The van der Waals surface area contributed by atoms with Crippen LogP contribution in [0.1, 0.15) is 32.1 Å². The Bertz CT molecular complexity index is 258. The fourth-order valence-electron chi connectivity index (χ4n) is 2.54. The smallest absolute Gasteiger partial charge is 0.243 e. The van der Waals surface area contributed by atoms with E-state index in [1.54, 1.807) is 0 Å². The third-order valence-electron chi connectivity index (χ3n) is 3.61. The average Bonchev–Trinajstić information content (AvgIpc) is 2.24. The molecule has 2 fully saturated rings. The Morgan fingerprint density at radius 3 is 3.00 bits per heavy atom.